The Balaban J connectivity index is 2.22. The van der Waals surface area contributed by atoms with Gasteiger partial charge in [0.2, 0.25) is 0 Å². The molecule has 14 heavy (non-hydrogen) atoms. The molecule has 1 saturated heterocycles. The molecule has 1 rings (SSSR count). The summed E-state index contributed by atoms with van der Waals surface area (Å²) in [6.07, 6.45) is 6.26. The average Bonchev–Trinajstić information content (AvgIpc) is 2.60. The molecule has 0 aliphatic carbocycles. The van der Waals surface area contributed by atoms with E-state index in [9.17, 15) is 5.11 Å². The van der Waals surface area contributed by atoms with E-state index < -0.39 is 12.2 Å². The lowest BCUT2D eigenvalue weighted by molar-refractivity contribution is -0.00460. The third-order valence-electron chi connectivity index (χ3n) is 2.08. The highest BCUT2D eigenvalue weighted by atomic mass is 16.6. The number of allylic oxidation sites excluding steroid dienone is 3. The van der Waals surface area contributed by atoms with Gasteiger partial charge in [-0.15, -0.1) is 0 Å². The van der Waals surface area contributed by atoms with Gasteiger partial charge >= 0.3 is 0 Å². The maximum absolute atomic E-state index is 9.64. The minimum Gasteiger partial charge on any atom is -0.388 e. The second-order valence-corrected chi connectivity index (χ2v) is 3.19. The number of hydrogen-bond acceptors (Lipinski definition) is 3. The lowest BCUT2D eigenvalue weighted by atomic mass is 10.2. The Kier molecular flexibility index (Phi) is 4.21. The standard InChI is InChI=1S/C11H18O3/c1-3-4-5-6-7-13-10-8-14-9(2)11(10)12/h3-6,9-12H,7-8H2,1-2H3/b4-3+,6-5+/t9-,10?,11+/m1/s1/i2T. The Labute approximate surface area is 86.4 Å². The van der Waals surface area contributed by atoms with Crippen LogP contribution in [-0.4, -0.2) is 36.6 Å². The van der Waals surface area contributed by atoms with Gasteiger partial charge in [0.15, 0.2) is 0 Å². The molecule has 1 heterocycles. The predicted molar refractivity (Wildman–Crippen MR) is 55.1 cm³/mol. The van der Waals surface area contributed by atoms with Gasteiger partial charge in [-0.25, -0.2) is 0 Å². The highest BCUT2D eigenvalue weighted by Gasteiger charge is 2.33. The molecular formula is C11H18O3. The van der Waals surface area contributed by atoms with Crippen molar-refractivity contribution in [1.29, 1.82) is 0 Å². The summed E-state index contributed by atoms with van der Waals surface area (Å²) in [5, 5.41) is 9.64. The maximum atomic E-state index is 9.64. The van der Waals surface area contributed by atoms with Crippen LogP contribution in [0.1, 0.15) is 15.2 Å². The summed E-state index contributed by atoms with van der Waals surface area (Å²) in [6.45, 7) is 2.86. The van der Waals surface area contributed by atoms with Crippen LogP contribution in [0.25, 0.3) is 0 Å². The zero-order valence-corrected chi connectivity index (χ0v) is 8.43. The molecule has 1 aliphatic heterocycles. The summed E-state index contributed by atoms with van der Waals surface area (Å²) in [7, 11) is 0. The average molecular weight is 200 g/mol. The quantitative estimate of drug-likeness (QED) is 0.695. The normalized spacial score (nSPS) is 34.4. The number of rotatable bonds is 4. The first kappa shape index (κ1) is 9.90. The summed E-state index contributed by atoms with van der Waals surface area (Å²) in [4.78, 5) is 0. The summed E-state index contributed by atoms with van der Waals surface area (Å²) < 4.78 is 17.7. The first-order valence-electron chi connectivity index (χ1n) is 5.48. The van der Waals surface area contributed by atoms with Crippen LogP contribution >= 0.6 is 0 Å². The molecule has 3 nitrogen and oxygen atoms in total. The molecule has 1 N–H and O–H groups in total. The number of hydrogen-bond donors (Lipinski definition) is 1. The number of ether oxygens (including phenoxy) is 2. The van der Waals surface area contributed by atoms with Crippen LogP contribution in [0.15, 0.2) is 24.3 Å². The lowest BCUT2D eigenvalue weighted by Gasteiger charge is -2.13. The van der Waals surface area contributed by atoms with Gasteiger partial charge in [-0.2, -0.15) is 0 Å². The van der Waals surface area contributed by atoms with Crippen molar-refractivity contribution in [3.8, 4) is 0 Å². The van der Waals surface area contributed by atoms with Gasteiger partial charge in [0.05, 0.1) is 19.3 Å². The van der Waals surface area contributed by atoms with Crippen molar-refractivity contribution in [3.63, 3.8) is 0 Å². The fourth-order valence-corrected chi connectivity index (χ4v) is 1.23. The third-order valence-corrected chi connectivity index (χ3v) is 2.08. The Morgan fingerprint density at radius 1 is 1.64 bits per heavy atom. The Hall–Kier alpha value is -0.640. The Morgan fingerprint density at radius 2 is 2.50 bits per heavy atom. The molecule has 3 atom stereocenters. The number of aliphatic hydroxyl groups excluding tert-OH is 1. The molecule has 0 aromatic carbocycles. The second-order valence-electron chi connectivity index (χ2n) is 3.19. The molecular weight excluding hydrogens is 180 g/mol. The Morgan fingerprint density at radius 3 is 3.14 bits per heavy atom. The number of aliphatic hydroxyl groups is 1. The third kappa shape index (κ3) is 3.25. The fourth-order valence-electron chi connectivity index (χ4n) is 1.23. The highest BCUT2D eigenvalue weighted by molar-refractivity contribution is 5.01. The van der Waals surface area contributed by atoms with Crippen LogP contribution in [0.3, 0.4) is 0 Å². The SMILES string of the molecule is [3H]C[C@H]1OCC(OC/C=C/C=C/C)[C@H]1O. The molecule has 1 fully saturated rings. The van der Waals surface area contributed by atoms with E-state index in [0.717, 1.165) is 0 Å². The van der Waals surface area contributed by atoms with Crippen molar-refractivity contribution < 1.29 is 16.0 Å². The molecule has 0 bridgehead atoms. The highest BCUT2D eigenvalue weighted by Crippen LogP contribution is 2.16. The van der Waals surface area contributed by atoms with Crippen LogP contribution in [0.2, 0.25) is 0 Å². The molecule has 0 aromatic heterocycles. The van der Waals surface area contributed by atoms with Crippen molar-refractivity contribution in [2.45, 2.75) is 32.1 Å². The summed E-state index contributed by atoms with van der Waals surface area (Å²) >= 11 is 0. The van der Waals surface area contributed by atoms with Crippen LogP contribution in [-0.2, 0) is 9.47 Å². The van der Waals surface area contributed by atoms with Gasteiger partial charge in [0.25, 0.3) is 0 Å². The van der Waals surface area contributed by atoms with Crippen molar-refractivity contribution >= 4 is 0 Å². The van der Waals surface area contributed by atoms with Crippen molar-refractivity contribution in [2.24, 2.45) is 0 Å². The van der Waals surface area contributed by atoms with E-state index in [4.69, 9.17) is 10.8 Å². The van der Waals surface area contributed by atoms with Gasteiger partial charge in [0.1, 0.15) is 12.2 Å². The van der Waals surface area contributed by atoms with Crippen molar-refractivity contribution in [1.82, 2.24) is 0 Å². The molecule has 0 radical (unpaired) electrons. The summed E-state index contributed by atoms with van der Waals surface area (Å²) in [5.41, 5.74) is 0. The van der Waals surface area contributed by atoms with Crippen LogP contribution in [0.4, 0.5) is 0 Å². The van der Waals surface area contributed by atoms with Gasteiger partial charge in [-0.1, -0.05) is 24.3 Å². The minimum atomic E-state index is -0.669. The van der Waals surface area contributed by atoms with Crippen molar-refractivity contribution in [2.75, 3.05) is 13.2 Å². The zero-order chi connectivity index (χ0) is 11.1. The van der Waals surface area contributed by atoms with E-state index in [1.165, 1.54) is 0 Å². The van der Waals surface area contributed by atoms with Gasteiger partial charge in [0, 0.05) is 1.37 Å². The van der Waals surface area contributed by atoms with Crippen LogP contribution < -0.4 is 0 Å². The summed E-state index contributed by atoms with van der Waals surface area (Å²) in [6, 6.07) is 0. The molecule has 0 saturated carbocycles. The lowest BCUT2D eigenvalue weighted by Crippen LogP contribution is -2.30. The second kappa shape index (κ2) is 5.96. The van der Waals surface area contributed by atoms with E-state index in [2.05, 4.69) is 0 Å². The van der Waals surface area contributed by atoms with Gasteiger partial charge < -0.3 is 14.6 Å². The Bertz CT molecular complexity index is 228. The van der Waals surface area contributed by atoms with E-state index in [0.29, 0.717) is 13.2 Å². The van der Waals surface area contributed by atoms with Gasteiger partial charge in [-0.3, -0.25) is 0 Å². The largest absolute Gasteiger partial charge is 0.388 e. The smallest absolute Gasteiger partial charge is 0.110 e. The van der Waals surface area contributed by atoms with E-state index in [1.807, 2.05) is 31.2 Å². The first-order valence-corrected chi connectivity index (χ1v) is 4.78. The van der Waals surface area contributed by atoms with E-state index in [-0.39, 0.29) is 13.0 Å². The zero-order valence-electron chi connectivity index (χ0n) is 9.43. The molecule has 1 unspecified atom stereocenters. The molecule has 0 spiro atoms. The van der Waals surface area contributed by atoms with Crippen molar-refractivity contribution in [3.05, 3.63) is 24.3 Å². The molecule has 3 heteroatoms. The molecule has 80 valence electrons. The fraction of sp³-hybridized carbons (Fsp3) is 0.636. The van der Waals surface area contributed by atoms with Gasteiger partial charge in [-0.05, 0) is 13.8 Å². The minimum absolute atomic E-state index is 0.0788. The summed E-state index contributed by atoms with van der Waals surface area (Å²) in [5.74, 6) is 0. The van der Waals surface area contributed by atoms with E-state index >= 15 is 0 Å². The molecule has 0 aromatic rings. The maximum Gasteiger partial charge on any atom is 0.110 e. The van der Waals surface area contributed by atoms with E-state index in [1.54, 1.807) is 0 Å². The molecule has 0 amide bonds. The predicted octanol–water partition coefficient (Wildman–Crippen LogP) is 1.28. The topological polar surface area (TPSA) is 38.7 Å². The molecule has 1 aliphatic rings. The van der Waals surface area contributed by atoms with Crippen LogP contribution in [0, 0.1) is 0 Å². The first-order chi connectivity index (χ1) is 7.29. The van der Waals surface area contributed by atoms with Crippen LogP contribution in [0.5, 0.6) is 0 Å². The monoisotopic (exact) mass is 200 g/mol.